The minimum Gasteiger partial charge on any atom is -0.338 e. The first-order valence-electron chi connectivity index (χ1n) is 11.7. The van der Waals surface area contributed by atoms with Gasteiger partial charge in [-0.05, 0) is 49.6 Å². The van der Waals surface area contributed by atoms with Crippen molar-refractivity contribution in [1.29, 1.82) is 0 Å². The number of urea groups is 1. The van der Waals surface area contributed by atoms with Crippen LogP contribution in [0.1, 0.15) is 32.6 Å². The molecule has 3 N–H and O–H groups in total. The molecule has 5 rings (SSSR count). The van der Waals surface area contributed by atoms with Crippen LogP contribution in [0.25, 0.3) is 32.6 Å². The topological polar surface area (TPSA) is 139 Å². The van der Waals surface area contributed by atoms with E-state index in [-0.39, 0.29) is 12.0 Å². The van der Waals surface area contributed by atoms with E-state index in [4.69, 9.17) is 0 Å². The van der Waals surface area contributed by atoms with Gasteiger partial charge in [0.1, 0.15) is 0 Å². The molecule has 3 heterocycles. The van der Waals surface area contributed by atoms with Crippen molar-refractivity contribution in [2.24, 2.45) is 0 Å². The lowest BCUT2D eigenvalue weighted by Crippen LogP contribution is -2.28. The van der Waals surface area contributed by atoms with Gasteiger partial charge in [-0.15, -0.1) is 0 Å². The van der Waals surface area contributed by atoms with E-state index < -0.39 is 15.3 Å². The van der Waals surface area contributed by atoms with E-state index in [1.165, 1.54) is 11.3 Å². The van der Waals surface area contributed by atoms with Gasteiger partial charge in [-0.2, -0.15) is 0 Å². The zero-order chi connectivity index (χ0) is 25.1. The van der Waals surface area contributed by atoms with Gasteiger partial charge in [-0.25, -0.2) is 28.2 Å². The first-order valence-corrected chi connectivity index (χ1v) is 14.0. The van der Waals surface area contributed by atoms with Crippen LogP contribution in [0.3, 0.4) is 0 Å². The van der Waals surface area contributed by atoms with Crippen molar-refractivity contribution in [3.8, 4) is 22.4 Å². The number of nitrogens with one attached hydrogen (secondary N) is 3. The van der Waals surface area contributed by atoms with Crippen molar-refractivity contribution in [1.82, 2.24) is 25.3 Å². The van der Waals surface area contributed by atoms with Crippen molar-refractivity contribution in [3.05, 3.63) is 48.9 Å². The molecule has 1 aromatic carbocycles. The van der Waals surface area contributed by atoms with Gasteiger partial charge in [0.15, 0.2) is 5.13 Å². The van der Waals surface area contributed by atoms with Crippen molar-refractivity contribution in [2.45, 2.75) is 37.9 Å². The largest absolute Gasteiger partial charge is 0.338 e. The summed E-state index contributed by atoms with van der Waals surface area (Å²) in [7, 11) is -3.51. The Bertz CT molecular complexity index is 1480. The average molecular weight is 524 g/mol. The molecule has 0 atom stereocenters. The van der Waals surface area contributed by atoms with Crippen molar-refractivity contribution in [3.63, 3.8) is 0 Å². The van der Waals surface area contributed by atoms with E-state index in [1.807, 2.05) is 37.3 Å². The number of thiazole rings is 1. The number of fused-ring (bicyclic) bond motifs is 1. The molecule has 3 aromatic heterocycles. The monoisotopic (exact) mass is 523 g/mol. The van der Waals surface area contributed by atoms with Gasteiger partial charge in [0.25, 0.3) is 0 Å². The Balaban J connectivity index is 1.49. The SMILES string of the molecule is CCNC(=O)Nc1nc2cc(-c3cnc(NS(=O)(=O)C4CCCC4)nc3)cc(-c3ccccn3)c2s1. The standard InChI is InChI=1S/C24H25N7O3S2/c1-2-25-23(32)30-24-29-20-12-15(11-18(21(20)35-24)19-9-5-6-10-26-19)16-13-27-22(28-14-16)31-36(33,34)17-7-3-4-8-17/h5-6,9-14,17H,2-4,7-8H2,1H3,(H,27,28,31)(H2,25,29,30,32). The Morgan fingerprint density at radius 1 is 1.08 bits per heavy atom. The van der Waals surface area contributed by atoms with Crippen molar-refractivity contribution >= 4 is 48.7 Å². The second-order valence-electron chi connectivity index (χ2n) is 8.44. The number of carbonyl (C=O) groups is 1. The number of carbonyl (C=O) groups excluding carboxylic acids is 1. The summed E-state index contributed by atoms with van der Waals surface area (Å²) < 4.78 is 28.6. The maximum absolute atomic E-state index is 12.6. The lowest BCUT2D eigenvalue weighted by Gasteiger charge is -2.12. The summed E-state index contributed by atoms with van der Waals surface area (Å²) in [5.41, 5.74) is 3.80. The molecule has 1 saturated carbocycles. The van der Waals surface area contributed by atoms with Crippen LogP contribution < -0.4 is 15.4 Å². The Morgan fingerprint density at radius 3 is 2.56 bits per heavy atom. The number of rotatable bonds is 7. The molecule has 0 aliphatic heterocycles. The van der Waals surface area contributed by atoms with Crippen LogP contribution in [0.2, 0.25) is 0 Å². The van der Waals surface area contributed by atoms with E-state index in [0.29, 0.717) is 35.6 Å². The maximum Gasteiger partial charge on any atom is 0.321 e. The number of sulfonamides is 1. The van der Waals surface area contributed by atoms with Crippen LogP contribution in [0.15, 0.2) is 48.9 Å². The highest BCUT2D eigenvalue weighted by atomic mass is 32.2. The van der Waals surface area contributed by atoms with Crippen LogP contribution in [0.4, 0.5) is 15.9 Å². The number of hydrogen-bond acceptors (Lipinski definition) is 8. The van der Waals surface area contributed by atoms with E-state index in [0.717, 1.165) is 34.4 Å². The van der Waals surface area contributed by atoms with Gasteiger partial charge >= 0.3 is 6.03 Å². The molecule has 0 radical (unpaired) electrons. The zero-order valence-electron chi connectivity index (χ0n) is 19.6. The number of nitrogens with zero attached hydrogens (tertiary/aromatic N) is 4. The summed E-state index contributed by atoms with van der Waals surface area (Å²) in [6.45, 7) is 2.35. The minimum atomic E-state index is -3.51. The second-order valence-corrected chi connectivity index (χ2v) is 11.4. The highest BCUT2D eigenvalue weighted by Gasteiger charge is 2.29. The lowest BCUT2D eigenvalue weighted by molar-refractivity contribution is 0.252. The summed E-state index contributed by atoms with van der Waals surface area (Å²) in [6, 6.07) is 9.21. The van der Waals surface area contributed by atoms with Gasteiger partial charge in [-0.3, -0.25) is 15.0 Å². The maximum atomic E-state index is 12.6. The Labute approximate surface area is 212 Å². The molecule has 0 bridgehead atoms. The molecule has 0 spiro atoms. The molecular formula is C24H25N7O3S2. The third kappa shape index (κ3) is 5.14. The number of benzene rings is 1. The molecular weight excluding hydrogens is 498 g/mol. The number of aromatic nitrogens is 4. The number of anilines is 2. The van der Waals surface area contributed by atoms with Crippen LogP contribution in [-0.2, 0) is 10.0 Å². The average Bonchev–Trinajstić information content (AvgIpc) is 3.55. The first-order chi connectivity index (χ1) is 17.4. The van der Waals surface area contributed by atoms with Crippen LogP contribution >= 0.6 is 11.3 Å². The molecule has 2 amide bonds. The normalized spacial score (nSPS) is 14.1. The van der Waals surface area contributed by atoms with Gasteiger partial charge in [0.2, 0.25) is 16.0 Å². The Kier molecular flexibility index (Phi) is 6.79. The first kappa shape index (κ1) is 24.1. The van der Waals surface area contributed by atoms with Crippen molar-refractivity contribution < 1.29 is 13.2 Å². The lowest BCUT2D eigenvalue weighted by atomic mass is 10.0. The number of amides is 2. The smallest absolute Gasteiger partial charge is 0.321 e. The quantitative estimate of drug-likeness (QED) is 0.321. The van der Waals surface area contributed by atoms with Crippen molar-refractivity contribution in [2.75, 3.05) is 16.6 Å². The van der Waals surface area contributed by atoms with Gasteiger partial charge in [0, 0.05) is 36.3 Å². The predicted octanol–water partition coefficient (Wildman–Crippen LogP) is 4.64. The van der Waals surface area contributed by atoms with Gasteiger partial charge in [0.05, 0.1) is 21.2 Å². The highest BCUT2D eigenvalue weighted by Crippen LogP contribution is 2.38. The summed E-state index contributed by atoms with van der Waals surface area (Å²) in [6.07, 6.45) is 8.05. The molecule has 186 valence electrons. The molecule has 1 fully saturated rings. The highest BCUT2D eigenvalue weighted by molar-refractivity contribution is 7.93. The van der Waals surface area contributed by atoms with Crippen LogP contribution in [-0.4, -0.2) is 46.2 Å². The van der Waals surface area contributed by atoms with Crippen LogP contribution in [0, 0.1) is 0 Å². The fourth-order valence-electron chi connectivity index (χ4n) is 4.21. The Hall–Kier alpha value is -3.64. The van der Waals surface area contributed by atoms with E-state index >= 15 is 0 Å². The minimum absolute atomic E-state index is 0.0544. The predicted molar refractivity (Wildman–Crippen MR) is 141 cm³/mol. The Morgan fingerprint density at radius 2 is 1.86 bits per heavy atom. The zero-order valence-corrected chi connectivity index (χ0v) is 21.2. The summed E-state index contributed by atoms with van der Waals surface area (Å²) in [5, 5.41) is 5.55. The molecule has 0 saturated heterocycles. The molecule has 12 heteroatoms. The molecule has 0 unspecified atom stereocenters. The molecule has 4 aromatic rings. The van der Waals surface area contributed by atoms with E-state index in [1.54, 1.807) is 18.6 Å². The van der Waals surface area contributed by atoms with E-state index in [2.05, 4.69) is 35.3 Å². The fourth-order valence-corrected chi connectivity index (χ4v) is 6.65. The molecule has 1 aliphatic rings. The summed E-state index contributed by atoms with van der Waals surface area (Å²) in [4.78, 5) is 29.6. The number of hydrogen-bond donors (Lipinski definition) is 3. The number of pyridine rings is 1. The van der Waals surface area contributed by atoms with Gasteiger partial charge < -0.3 is 5.32 Å². The molecule has 1 aliphatic carbocycles. The third-order valence-corrected chi connectivity index (χ3v) is 8.78. The fraction of sp³-hybridized carbons (Fsp3) is 0.292. The van der Waals surface area contributed by atoms with Gasteiger partial charge in [-0.1, -0.05) is 30.2 Å². The summed E-state index contributed by atoms with van der Waals surface area (Å²) in [5.74, 6) is 0.0544. The van der Waals surface area contributed by atoms with Crippen LogP contribution in [0.5, 0.6) is 0 Å². The molecule has 36 heavy (non-hydrogen) atoms. The molecule has 10 nitrogen and oxygen atoms in total. The summed E-state index contributed by atoms with van der Waals surface area (Å²) >= 11 is 1.37. The third-order valence-electron chi connectivity index (χ3n) is 5.95. The second kappa shape index (κ2) is 10.2. The van der Waals surface area contributed by atoms with E-state index in [9.17, 15) is 13.2 Å².